The molecular formula is C12H11N3O4S. The molecule has 0 spiro atoms. The summed E-state index contributed by atoms with van der Waals surface area (Å²) in [4.78, 5) is 13.7. The van der Waals surface area contributed by atoms with Gasteiger partial charge >= 0.3 is 0 Å². The van der Waals surface area contributed by atoms with E-state index in [1.54, 1.807) is 12.1 Å². The summed E-state index contributed by atoms with van der Waals surface area (Å²) in [6.07, 6.45) is 2.88. The summed E-state index contributed by atoms with van der Waals surface area (Å²) in [5.41, 5.74) is -0.131. The van der Waals surface area contributed by atoms with Crippen molar-refractivity contribution in [3.05, 3.63) is 58.9 Å². The standard InChI is InChI=1S/C12H11N3O4S/c1-14(10-5-4-8-13-9-10)20(18,19)12-7-3-2-6-11(12)15(16)17/h2-9H,1H3. The second kappa shape index (κ2) is 5.25. The highest BCUT2D eigenvalue weighted by atomic mass is 32.2. The molecule has 1 aromatic carbocycles. The van der Waals surface area contributed by atoms with Gasteiger partial charge in [0.2, 0.25) is 0 Å². The van der Waals surface area contributed by atoms with Crippen LogP contribution in [0, 0.1) is 10.1 Å². The Hall–Kier alpha value is -2.48. The summed E-state index contributed by atoms with van der Waals surface area (Å²) in [6.45, 7) is 0. The molecule has 0 unspecified atom stereocenters. The van der Waals surface area contributed by atoms with Crippen LogP contribution in [0.4, 0.5) is 11.4 Å². The molecule has 0 saturated carbocycles. The van der Waals surface area contributed by atoms with Gasteiger partial charge in [0.25, 0.3) is 15.7 Å². The number of anilines is 1. The lowest BCUT2D eigenvalue weighted by Gasteiger charge is -2.18. The number of benzene rings is 1. The van der Waals surface area contributed by atoms with Gasteiger partial charge in [0.1, 0.15) is 0 Å². The van der Waals surface area contributed by atoms with E-state index in [0.29, 0.717) is 5.69 Å². The Balaban J connectivity index is 2.54. The fourth-order valence-electron chi connectivity index (χ4n) is 1.65. The molecule has 20 heavy (non-hydrogen) atoms. The largest absolute Gasteiger partial charge is 0.289 e. The summed E-state index contributed by atoms with van der Waals surface area (Å²) in [5, 5.41) is 10.9. The molecule has 0 amide bonds. The van der Waals surface area contributed by atoms with Crippen LogP contribution in [0.3, 0.4) is 0 Å². The predicted octanol–water partition coefficient (Wildman–Crippen LogP) is 1.81. The van der Waals surface area contributed by atoms with E-state index >= 15 is 0 Å². The van der Waals surface area contributed by atoms with Crippen LogP contribution in [0.15, 0.2) is 53.7 Å². The Labute approximate surface area is 115 Å². The van der Waals surface area contributed by atoms with Crippen LogP contribution in [0.25, 0.3) is 0 Å². The third kappa shape index (κ3) is 2.45. The summed E-state index contributed by atoms with van der Waals surface area (Å²) >= 11 is 0. The molecule has 0 atom stereocenters. The molecule has 0 bridgehead atoms. The molecule has 0 N–H and O–H groups in total. The van der Waals surface area contributed by atoms with E-state index in [4.69, 9.17) is 0 Å². The zero-order chi connectivity index (χ0) is 14.8. The molecule has 1 heterocycles. The summed E-state index contributed by atoms with van der Waals surface area (Å²) in [5.74, 6) is 0. The van der Waals surface area contributed by atoms with Crippen LogP contribution in [-0.2, 0) is 10.0 Å². The second-order valence-corrected chi connectivity index (χ2v) is 5.85. The first kappa shape index (κ1) is 13.9. The number of hydrogen-bond donors (Lipinski definition) is 0. The molecular weight excluding hydrogens is 282 g/mol. The number of hydrogen-bond acceptors (Lipinski definition) is 5. The molecule has 0 fully saturated rings. The molecule has 0 saturated heterocycles. The fraction of sp³-hybridized carbons (Fsp3) is 0.0833. The number of rotatable bonds is 4. The topological polar surface area (TPSA) is 93.4 Å². The fourth-order valence-corrected chi connectivity index (χ4v) is 2.99. The van der Waals surface area contributed by atoms with Crippen LogP contribution in [0.5, 0.6) is 0 Å². The first-order valence-electron chi connectivity index (χ1n) is 5.57. The first-order valence-corrected chi connectivity index (χ1v) is 7.01. The summed E-state index contributed by atoms with van der Waals surface area (Å²) < 4.78 is 25.9. The van der Waals surface area contributed by atoms with Crippen molar-refractivity contribution >= 4 is 21.4 Å². The maximum Gasteiger partial charge on any atom is 0.289 e. The highest BCUT2D eigenvalue weighted by Crippen LogP contribution is 2.28. The molecule has 0 radical (unpaired) electrons. The number of nitro benzene ring substituents is 1. The highest BCUT2D eigenvalue weighted by Gasteiger charge is 2.29. The molecule has 7 nitrogen and oxygen atoms in total. The molecule has 2 rings (SSSR count). The Kier molecular flexibility index (Phi) is 3.66. The van der Waals surface area contributed by atoms with Crippen molar-refractivity contribution < 1.29 is 13.3 Å². The maximum absolute atomic E-state index is 12.5. The van der Waals surface area contributed by atoms with Crippen LogP contribution >= 0.6 is 0 Å². The monoisotopic (exact) mass is 293 g/mol. The van der Waals surface area contributed by atoms with Crippen molar-refractivity contribution in [2.45, 2.75) is 4.90 Å². The lowest BCUT2D eigenvalue weighted by atomic mass is 10.3. The number of para-hydroxylation sites is 1. The first-order chi connectivity index (χ1) is 9.44. The average molecular weight is 293 g/mol. The Morgan fingerprint density at radius 2 is 1.90 bits per heavy atom. The van der Waals surface area contributed by atoms with E-state index in [0.717, 1.165) is 10.4 Å². The van der Waals surface area contributed by atoms with Crippen molar-refractivity contribution in [1.82, 2.24) is 4.98 Å². The van der Waals surface area contributed by atoms with Crippen LogP contribution < -0.4 is 4.31 Å². The minimum absolute atomic E-state index is 0.325. The van der Waals surface area contributed by atoms with E-state index < -0.39 is 20.6 Å². The van der Waals surface area contributed by atoms with Crippen molar-refractivity contribution in [2.24, 2.45) is 0 Å². The van der Waals surface area contributed by atoms with E-state index in [-0.39, 0.29) is 4.90 Å². The predicted molar refractivity (Wildman–Crippen MR) is 72.9 cm³/mol. The van der Waals surface area contributed by atoms with Crippen LogP contribution in [0.1, 0.15) is 0 Å². The van der Waals surface area contributed by atoms with Gasteiger partial charge in [-0.2, -0.15) is 0 Å². The highest BCUT2D eigenvalue weighted by molar-refractivity contribution is 7.93. The number of aromatic nitrogens is 1. The van der Waals surface area contributed by atoms with Crippen molar-refractivity contribution in [1.29, 1.82) is 0 Å². The van der Waals surface area contributed by atoms with E-state index in [1.807, 2.05) is 0 Å². The van der Waals surface area contributed by atoms with Gasteiger partial charge < -0.3 is 0 Å². The Bertz CT molecular complexity index is 731. The summed E-state index contributed by atoms with van der Waals surface area (Å²) in [6, 6.07) is 8.36. The molecule has 0 aliphatic carbocycles. The van der Waals surface area contributed by atoms with Gasteiger partial charge in [0, 0.05) is 19.3 Å². The Morgan fingerprint density at radius 3 is 2.50 bits per heavy atom. The second-order valence-electron chi connectivity index (χ2n) is 3.91. The zero-order valence-electron chi connectivity index (χ0n) is 10.5. The number of pyridine rings is 1. The van der Waals surface area contributed by atoms with E-state index in [9.17, 15) is 18.5 Å². The molecule has 8 heteroatoms. The minimum atomic E-state index is -4.02. The van der Waals surface area contributed by atoms with Crippen molar-refractivity contribution in [2.75, 3.05) is 11.4 Å². The Morgan fingerprint density at radius 1 is 1.20 bits per heavy atom. The molecule has 2 aromatic rings. The normalized spacial score (nSPS) is 11.1. The average Bonchev–Trinajstić information content (AvgIpc) is 2.47. The third-order valence-electron chi connectivity index (χ3n) is 2.71. The summed E-state index contributed by atoms with van der Waals surface area (Å²) in [7, 11) is -2.69. The smallest absolute Gasteiger partial charge is 0.268 e. The van der Waals surface area contributed by atoms with Gasteiger partial charge in [0.05, 0.1) is 16.8 Å². The maximum atomic E-state index is 12.5. The zero-order valence-corrected chi connectivity index (χ0v) is 11.3. The van der Waals surface area contributed by atoms with Gasteiger partial charge in [-0.3, -0.25) is 19.4 Å². The molecule has 0 aliphatic heterocycles. The third-order valence-corrected chi connectivity index (χ3v) is 4.54. The quantitative estimate of drug-likeness (QED) is 0.633. The number of nitro groups is 1. The van der Waals surface area contributed by atoms with Gasteiger partial charge in [-0.15, -0.1) is 0 Å². The minimum Gasteiger partial charge on any atom is -0.268 e. The van der Waals surface area contributed by atoms with Gasteiger partial charge in [0.15, 0.2) is 4.90 Å². The van der Waals surface area contributed by atoms with Gasteiger partial charge in [-0.25, -0.2) is 8.42 Å². The van der Waals surface area contributed by atoms with E-state index in [1.165, 1.54) is 37.6 Å². The lowest BCUT2D eigenvalue weighted by Crippen LogP contribution is -2.27. The number of sulfonamides is 1. The number of nitrogens with zero attached hydrogens (tertiary/aromatic N) is 3. The van der Waals surface area contributed by atoms with Crippen LogP contribution in [0.2, 0.25) is 0 Å². The van der Waals surface area contributed by atoms with Gasteiger partial charge in [-0.05, 0) is 18.2 Å². The van der Waals surface area contributed by atoms with E-state index in [2.05, 4.69) is 4.98 Å². The molecule has 1 aromatic heterocycles. The SMILES string of the molecule is CN(c1cccnc1)S(=O)(=O)c1ccccc1[N+](=O)[O-]. The van der Waals surface area contributed by atoms with Gasteiger partial charge in [-0.1, -0.05) is 12.1 Å². The molecule has 104 valence electrons. The lowest BCUT2D eigenvalue weighted by molar-refractivity contribution is -0.387. The van der Waals surface area contributed by atoms with Crippen molar-refractivity contribution in [3.63, 3.8) is 0 Å². The molecule has 0 aliphatic rings. The van der Waals surface area contributed by atoms with Crippen molar-refractivity contribution in [3.8, 4) is 0 Å². The van der Waals surface area contributed by atoms with Crippen LogP contribution in [-0.4, -0.2) is 25.4 Å².